The van der Waals surface area contributed by atoms with E-state index in [2.05, 4.69) is 6.92 Å². The lowest BCUT2D eigenvalue weighted by atomic mass is 10.1. The zero-order valence-corrected chi connectivity index (χ0v) is 15.7. The molecule has 0 atom stereocenters. The van der Waals surface area contributed by atoms with Crippen molar-refractivity contribution in [2.24, 2.45) is 0 Å². The summed E-state index contributed by atoms with van der Waals surface area (Å²) in [7, 11) is 0. The summed E-state index contributed by atoms with van der Waals surface area (Å²) in [6.07, 6.45) is 11.1. The highest BCUT2D eigenvalue weighted by atomic mass is 16.4. The van der Waals surface area contributed by atoms with Crippen LogP contribution in [0.3, 0.4) is 0 Å². The number of carbonyl (C=O) groups is 1. The van der Waals surface area contributed by atoms with E-state index in [1.54, 1.807) is 19.9 Å². The van der Waals surface area contributed by atoms with E-state index in [4.69, 9.17) is 10.2 Å². The van der Waals surface area contributed by atoms with Gasteiger partial charge in [0.25, 0.3) is 0 Å². The first-order valence-electron chi connectivity index (χ1n) is 7.14. The standard InChI is InChI=1S/C11H20O2.2C2H5O.3H3N/c1-2-3-4-5-6-7-8-9-10-11(12)13;2*1-2-3;;;/h9-10H,2-8H2,1H3,(H,12,13);2*2H2,1H3;3*1H3/q;2*-1;;;/p+2. The van der Waals surface area contributed by atoms with E-state index < -0.39 is 5.97 Å². The number of carbonyl (C=O) groups excluding carboxylic acids is 1. The molecule has 12 N–H and O–H groups in total. The van der Waals surface area contributed by atoms with Crippen LogP contribution in [0.4, 0.5) is 0 Å². The summed E-state index contributed by atoms with van der Waals surface area (Å²) in [6, 6.07) is 0. The van der Waals surface area contributed by atoms with Crippen molar-refractivity contribution in [3.05, 3.63) is 12.2 Å². The number of aliphatic carboxylic acids is 1. The Morgan fingerprint density at radius 2 is 1.18 bits per heavy atom. The summed E-state index contributed by atoms with van der Waals surface area (Å²) < 4.78 is 0. The van der Waals surface area contributed by atoms with Gasteiger partial charge in [-0.05, 0) is 18.9 Å². The second kappa shape index (κ2) is 42.7. The number of allylic oxidation sites excluding steroid dienone is 1. The molecule has 0 spiro atoms. The van der Waals surface area contributed by atoms with Crippen LogP contribution in [-0.2, 0) is 4.79 Å². The van der Waals surface area contributed by atoms with Crippen molar-refractivity contribution in [3.63, 3.8) is 0 Å². The molecule has 0 saturated heterocycles. The lowest BCUT2D eigenvalue weighted by Crippen LogP contribution is -2.18. The first-order chi connectivity index (χ1) is 9.10. The molecule has 0 saturated carbocycles. The second-order valence-corrected chi connectivity index (χ2v) is 3.86. The Labute approximate surface area is 136 Å². The molecule has 0 amide bonds. The van der Waals surface area contributed by atoms with Crippen LogP contribution in [0.15, 0.2) is 12.2 Å². The monoisotopic (exact) mass is 327 g/mol. The highest BCUT2D eigenvalue weighted by molar-refractivity contribution is 5.77. The van der Waals surface area contributed by atoms with Crippen LogP contribution in [-0.4, -0.2) is 19.2 Å². The van der Waals surface area contributed by atoms with Crippen LogP contribution in [0.25, 0.3) is 0 Å². The van der Waals surface area contributed by atoms with Gasteiger partial charge in [0.2, 0.25) is 0 Å². The maximum Gasteiger partial charge on any atom is 0.0639 e. The van der Waals surface area contributed by atoms with Gasteiger partial charge < -0.3 is 38.6 Å². The van der Waals surface area contributed by atoms with Crippen LogP contribution < -0.4 is 33.8 Å². The second-order valence-electron chi connectivity index (χ2n) is 3.86. The molecule has 0 aliphatic carbocycles. The average Bonchev–Trinajstić information content (AvgIpc) is 2.34. The van der Waals surface area contributed by atoms with Gasteiger partial charge in [0.1, 0.15) is 0 Å². The molecule has 0 heterocycles. The van der Waals surface area contributed by atoms with Gasteiger partial charge in [0.15, 0.2) is 0 Å². The van der Waals surface area contributed by atoms with Crippen molar-refractivity contribution in [1.29, 1.82) is 0 Å². The van der Waals surface area contributed by atoms with Crippen molar-refractivity contribution in [2.75, 3.05) is 13.2 Å². The predicted molar refractivity (Wildman–Crippen MR) is 91.2 cm³/mol. The van der Waals surface area contributed by atoms with Crippen LogP contribution in [0.1, 0.15) is 65.7 Å². The number of rotatable bonds is 8. The molecule has 0 radical (unpaired) electrons. The van der Waals surface area contributed by atoms with Crippen molar-refractivity contribution < 1.29 is 20.1 Å². The first-order valence-corrected chi connectivity index (χ1v) is 7.14. The van der Waals surface area contributed by atoms with Gasteiger partial charge in [-0.25, -0.2) is 0 Å². The molecular weight excluding hydrogens is 286 g/mol. The zero-order valence-electron chi connectivity index (χ0n) is 15.7. The van der Waals surface area contributed by atoms with Gasteiger partial charge in [-0.2, -0.15) is 0 Å². The molecule has 0 rings (SSSR count). The van der Waals surface area contributed by atoms with E-state index in [1.165, 1.54) is 32.1 Å². The first kappa shape index (κ1) is 37.3. The van der Waals surface area contributed by atoms with Crippen LogP contribution >= 0.6 is 0 Å². The molecule has 22 heavy (non-hydrogen) atoms. The molecule has 0 fully saturated rings. The van der Waals surface area contributed by atoms with Crippen molar-refractivity contribution in [1.82, 2.24) is 18.5 Å². The lowest BCUT2D eigenvalue weighted by Gasteiger charge is -1.97. The minimum Gasteiger partial charge on any atom is -0.855 e. The van der Waals surface area contributed by atoms with Gasteiger partial charge in [0.05, 0.1) is 5.97 Å². The number of carboxylic acids is 1. The number of hydrogen-bond acceptors (Lipinski definition) is 4. The molecule has 0 aliphatic rings. The van der Waals surface area contributed by atoms with Crippen LogP contribution in [0, 0.1) is 0 Å². The molecule has 0 unspecified atom stereocenters. The Bertz CT molecular complexity index is 190. The molecule has 0 aliphatic heterocycles. The molecule has 7 heteroatoms. The molecule has 140 valence electrons. The molecule has 0 aromatic rings. The summed E-state index contributed by atoms with van der Waals surface area (Å²) in [5.41, 5.74) is 0. The van der Waals surface area contributed by atoms with E-state index >= 15 is 0 Å². The van der Waals surface area contributed by atoms with Crippen molar-refractivity contribution >= 4 is 5.97 Å². The van der Waals surface area contributed by atoms with Gasteiger partial charge in [-0.3, -0.25) is 0 Å². The van der Waals surface area contributed by atoms with Crippen molar-refractivity contribution in [2.45, 2.75) is 65.7 Å². The van der Waals surface area contributed by atoms with Crippen LogP contribution in [0.2, 0.25) is 0 Å². The van der Waals surface area contributed by atoms with E-state index in [0.717, 1.165) is 18.9 Å². The van der Waals surface area contributed by atoms with E-state index in [-0.39, 0.29) is 31.7 Å². The molecule has 7 nitrogen and oxygen atoms in total. The zero-order chi connectivity index (χ0) is 15.4. The third-order valence-electron chi connectivity index (χ3n) is 1.98. The quantitative estimate of drug-likeness (QED) is 0.452. The highest BCUT2D eigenvalue weighted by Gasteiger charge is 1.87. The van der Waals surface area contributed by atoms with E-state index in [1.807, 2.05) is 0 Å². The number of quaternary nitrogens is 3. The van der Waals surface area contributed by atoms with Gasteiger partial charge >= 0.3 is 0 Å². The molecule has 0 bridgehead atoms. The Morgan fingerprint density at radius 1 is 0.818 bits per heavy atom. The summed E-state index contributed by atoms with van der Waals surface area (Å²) in [5, 5.41) is 27.8. The maximum absolute atomic E-state index is 9.98. The van der Waals surface area contributed by atoms with E-state index in [0.29, 0.717) is 0 Å². The average molecular weight is 328 g/mol. The maximum atomic E-state index is 9.98. The van der Waals surface area contributed by atoms with Crippen molar-refractivity contribution in [3.8, 4) is 0 Å². The van der Waals surface area contributed by atoms with Gasteiger partial charge in [-0.1, -0.05) is 59.0 Å². The van der Waals surface area contributed by atoms with Gasteiger partial charge in [-0.15, -0.1) is 13.2 Å². The Morgan fingerprint density at radius 3 is 1.55 bits per heavy atom. The predicted octanol–water partition coefficient (Wildman–Crippen LogP) is 1.90. The Balaban J connectivity index is -0.0000000618. The minimum absolute atomic E-state index is 0. The number of carboxylic acid groups (broad SMARTS) is 1. The minimum atomic E-state index is -1.09. The fraction of sp³-hybridized carbons (Fsp3) is 0.800. The van der Waals surface area contributed by atoms with Crippen LogP contribution in [0.5, 0.6) is 0 Å². The Kier molecular flexibility index (Phi) is 72.5. The normalized spacial score (nSPS) is 8.05. The van der Waals surface area contributed by atoms with Gasteiger partial charge in [0, 0.05) is 0 Å². The SMILES string of the molecule is CCCCCCCCC=CC(=O)[O-].CC[O-].CC[O-].[NH4+].[NH4+].[NH4+]. The summed E-state index contributed by atoms with van der Waals surface area (Å²) in [5.74, 6) is -1.09. The lowest BCUT2D eigenvalue weighted by molar-refractivity contribution is -0.362. The summed E-state index contributed by atoms with van der Waals surface area (Å²) in [4.78, 5) is 9.98. The topological polar surface area (TPSA) is 196 Å². The third kappa shape index (κ3) is 76.0. The number of hydrogen-bond donors (Lipinski definition) is 3. The molecule has 0 aromatic carbocycles. The fourth-order valence-corrected chi connectivity index (χ4v) is 1.22. The smallest absolute Gasteiger partial charge is 0.0639 e. The fourth-order valence-electron chi connectivity index (χ4n) is 1.22. The summed E-state index contributed by atoms with van der Waals surface area (Å²) >= 11 is 0. The van der Waals surface area contributed by atoms with E-state index in [9.17, 15) is 9.90 Å². The Hall–Kier alpha value is -0.990. The highest BCUT2D eigenvalue weighted by Crippen LogP contribution is 2.06. The number of unbranched alkanes of at least 4 members (excludes halogenated alkanes) is 6. The molecular formula is C15H41N3O4. The summed E-state index contributed by atoms with van der Waals surface area (Å²) in [6.45, 7) is 5.34. The molecule has 0 aromatic heterocycles. The largest absolute Gasteiger partial charge is 0.855 e. The third-order valence-corrected chi connectivity index (χ3v) is 1.98.